The number of benzene rings is 1. The molecule has 4 heteroatoms. The molecule has 1 aromatic rings. The van der Waals surface area contributed by atoms with Gasteiger partial charge in [-0.1, -0.05) is 0 Å². The van der Waals surface area contributed by atoms with E-state index in [9.17, 15) is 4.39 Å². The Morgan fingerprint density at radius 3 is 2.88 bits per heavy atom. The Balaban J connectivity index is 2.07. The van der Waals surface area contributed by atoms with Crippen molar-refractivity contribution in [2.45, 2.75) is 30.4 Å². The van der Waals surface area contributed by atoms with E-state index in [4.69, 9.17) is 4.74 Å². The summed E-state index contributed by atoms with van der Waals surface area (Å²) < 4.78 is 19.0. The van der Waals surface area contributed by atoms with Crippen LogP contribution in [0.1, 0.15) is 13.3 Å². The molecule has 2 nitrogen and oxygen atoms in total. The Morgan fingerprint density at radius 1 is 1.50 bits per heavy atom. The summed E-state index contributed by atoms with van der Waals surface area (Å²) in [4.78, 5) is 0.682. The molecule has 1 aliphatic rings. The molecule has 88 valence electrons. The monoisotopic (exact) mass is 241 g/mol. The predicted octanol–water partition coefficient (Wildman–Crippen LogP) is 3.14. The molecule has 0 amide bonds. The normalized spacial score (nSPS) is 24.7. The standard InChI is InChI=1S/C12H16FNOS/c1-8-11(5-6-15-8)14-9-3-4-12(16-2)10(13)7-9/h3-4,7-8,11,14H,5-6H2,1-2H3. The zero-order valence-corrected chi connectivity index (χ0v) is 10.3. The van der Waals surface area contributed by atoms with Crippen LogP contribution in [-0.4, -0.2) is 25.0 Å². The summed E-state index contributed by atoms with van der Waals surface area (Å²) in [6.45, 7) is 2.82. The number of hydrogen-bond acceptors (Lipinski definition) is 3. The average molecular weight is 241 g/mol. The maximum atomic E-state index is 13.5. The molecule has 0 saturated carbocycles. The molecule has 2 unspecified atom stereocenters. The first-order chi connectivity index (χ1) is 7.70. The van der Waals surface area contributed by atoms with Crippen LogP contribution < -0.4 is 5.32 Å². The van der Waals surface area contributed by atoms with E-state index in [0.29, 0.717) is 10.9 Å². The van der Waals surface area contributed by atoms with Crippen molar-refractivity contribution in [3.8, 4) is 0 Å². The highest BCUT2D eigenvalue weighted by molar-refractivity contribution is 7.98. The van der Waals surface area contributed by atoms with Gasteiger partial charge in [0.05, 0.1) is 12.1 Å². The first-order valence-electron chi connectivity index (χ1n) is 5.42. The SMILES string of the molecule is CSc1ccc(NC2CCOC2C)cc1F. The van der Waals surface area contributed by atoms with E-state index < -0.39 is 0 Å². The van der Waals surface area contributed by atoms with Crippen LogP contribution in [0.15, 0.2) is 23.1 Å². The van der Waals surface area contributed by atoms with Crippen molar-refractivity contribution >= 4 is 17.4 Å². The molecule has 1 heterocycles. The minimum atomic E-state index is -0.163. The van der Waals surface area contributed by atoms with E-state index in [1.807, 2.05) is 25.3 Å². The van der Waals surface area contributed by atoms with Crippen LogP contribution in [0.4, 0.5) is 10.1 Å². The van der Waals surface area contributed by atoms with Crippen molar-refractivity contribution in [3.63, 3.8) is 0 Å². The fourth-order valence-electron chi connectivity index (χ4n) is 1.89. The largest absolute Gasteiger partial charge is 0.380 e. The van der Waals surface area contributed by atoms with Gasteiger partial charge < -0.3 is 10.1 Å². The summed E-state index contributed by atoms with van der Waals surface area (Å²) in [7, 11) is 0. The van der Waals surface area contributed by atoms with Gasteiger partial charge in [-0.3, -0.25) is 0 Å². The molecule has 16 heavy (non-hydrogen) atoms. The van der Waals surface area contributed by atoms with Crippen molar-refractivity contribution in [3.05, 3.63) is 24.0 Å². The quantitative estimate of drug-likeness (QED) is 0.821. The van der Waals surface area contributed by atoms with Crippen molar-refractivity contribution < 1.29 is 9.13 Å². The van der Waals surface area contributed by atoms with Crippen LogP contribution in [0, 0.1) is 5.82 Å². The Hall–Kier alpha value is -0.740. The van der Waals surface area contributed by atoms with Gasteiger partial charge in [0, 0.05) is 17.2 Å². The van der Waals surface area contributed by atoms with Gasteiger partial charge in [-0.15, -0.1) is 11.8 Å². The van der Waals surface area contributed by atoms with Gasteiger partial charge in [-0.05, 0) is 37.8 Å². The van der Waals surface area contributed by atoms with Crippen LogP contribution in [0.25, 0.3) is 0 Å². The van der Waals surface area contributed by atoms with Crippen molar-refractivity contribution in [1.82, 2.24) is 0 Å². The highest BCUT2D eigenvalue weighted by Crippen LogP contribution is 2.24. The highest BCUT2D eigenvalue weighted by Gasteiger charge is 2.23. The molecular weight excluding hydrogens is 225 g/mol. The lowest BCUT2D eigenvalue weighted by Crippen LogP contribution is -2.26. The number of rotatable bonds is 3. The Bertz CT molecular complexity index is 372. The van der Waals surface area contributed by atoms with Crippen molar-refractivity contribution in [2.75, 3.05) is 18.2 Å². The van der Waals surface area contributed by atoms with Crippen molar-refractivity contribution in [1.29, 1.82) is 0 Å². The van der Waals surface area contributed by atoms with E-state index in [1.54, 1.807) is 6.07 Å². The lowest BCUT2D eigenvalue weighted by Gasteiger charge is -2.17. The van der Waals surface area contributed by atoms with Crippen molar-refractivity contribution in [2.24, 2.45) is 0 Å². The molecule has 2 atom stereocenters. The zero-order valence-electron chi connectivity index (χ0n) is 9.50. The first kappa shape index (κ1) is 11.7. The molecular formula is C12H16FNOS. The third-order valence-electron chi connectivity index (χ3n) is 2.88. The van der Waals surface area contributed by atoms with Crippen LogP contribution in [-0.2, 0) is 4.74 Å². The topological polar surface area (TPSA) is 21.3 Å². The summed E-state index contributed by atoms with van der Waals surface area (Å²) in [5.74, 6) is -0.163. The molecule has 0 bridgehead atoms. The maximum absolute atomic E-state index is 13.5. The average Bonchev–Trinajstić information content (AvgIpc) is 2.65. The second kappa shape index (κ2) is 5.06. The molecule has 0 aromatic heterocycles. The van der Waals surface area contributed by atoms with E-state index in [1.165, 1.54) is 11.8 Å². The first-order valence-corrected chi connectivity index (χ1v) is 6.65. The smallest absolute Gasteiger partial charge is 0.138 e. The van der Waals surface area contributed by atoms with Gasteiger partial charge in [-0.25, -0.2) is 4.39 Å². The summed E-state index contributed by atoms with van der Waals surface area (Å²) in [5, 5.41) is 3.31. The molecule has 2 rings (SSSR count). The lowest BCUT2D eigenvalue weighted by atomic mass is 10.1. The summed E-state index contributed by atoms with van der Waals surface area (Å²) in [5.41, 5.74) is 0.831. The molecule has 0 aliphatic carbocycles. The number of nitrogens with one attached hydrogen (secondary N) is 1. The van der Waals surface area contributed by atoms with E-state index in [0.717, 1.165) is 18.7 Å². The summed E-state index contributed by atoms with van der Waals surface area (Å²) >= 11 is 1.42. The minimum Gasteiger partial charge on any atom is -0.380 e. The molecule has 1 aromatic carbocycles. The van der Waals surface area contributed by atoms with Crippen LogP contribution in [0.3, 0.4) is 0 Å². The van der Waals surface area contributed by atoms with Crippen LogP contribution in [0.5, 0.6) is 0 Å². The Labute approximate surface area is 99.6 Å². The van der Waals surface area contributed by atoms with Gasteiger partial charge in [0.1, 0.15) is 5.82 Å². The minimum absolute atomic E-state index is 0.163. The predicted molar refractivity (Wildman–Crippen MR) is 65.6 cm³/mol. The van der Waals surface area contributed by atoms with Gasteiger partial charge in [0.2, 0.25) is 0 Å². The number of ether oxygens (including phenoxy) is 1. The van der Waals surface area contributed by atoms with Crippen LogP contribution >= 0.6 is 11.8 Å². The zero-order chi connectivity index (χ0) is 11.5. The summed E-state index contributed by atoms with van der Waals surface area (Å²) in [6.07, 6.45) is 3.05. The summed E-state index contributed by atoms with van der Waals surface area (Å²) in [6, 6.07) is 5.57. The molecule has 0 radical (unpaired) electrons. The fourth-order valence-corrected chi connectivity index (χ4v) is 2.35. The second-order valence-corrected chi connectivity index (χ2v) is 4.81. The van der Waals surface area contributed by atoms with E-state index in [-0.39, 0.29) is 11.9 Å². The molecule has 1 N–H and O–H groups in total. The highest BCUT2D eigenvalue weighted by atomic mass is 32.2. The van der Waals surface area contributed by atoms with Gasteiger partial charge >= 0.3 is 0 Å². The van der Waals surface area contributed by atoms with Gasteiger partial charge in [-0.2, -0.15) is 0 Å². The fraction of sp³-hybridized carbons (Fsp3) is 0.500. The Kier molecular flexibility index (Phi) is 3.71. The van der Waals surface area contributed by atoms with Crippen LogP contribution in [0.2, 0.25) is 0 Å². The maximum Gasteiger partial charge on any atom is 0.138 e. The lowest BCUT2D eigenvalue weighted by molar-refractivity contribution is 0.121. The number of hydrogen-bond donors (Lipinski definition) is 1. The van der Waals surface area contributed by atoms with Gasteiger partial charge in [0.25, 0.3) is 0 Å². The second-order valence-electron chi connectivity index (χ2n) is 3.96. The number of thioether (sulfide) groups is 1. The molecule has 1 fully saturated rings. The van der Waals surface area contributed by atoms with Gasteiger partial charge in [0.15, 0.2) is 0 Å². The third kappa shape index (κ3) is 2.50. The molecule has 0 spiro atoms. The van der Waals surface area contributed by atoms with E-state index >= 15 is 0 Å². The van der Waals surface area contributed by atoms with E-state index in [2.05, 4.69) is 5.32 Å². The number of halogens is 1. The molecule has 1 saturated heterocycles. The number of anilines is 1. The Morgan fingerprint density at radius 2 is 2.31 bits per heavy atom. The molecule has 1 aliphatic heterocycles. The third-order valence-corrected chi connectivity index (χ3v) is 3.65.